The standard InChI is InChI=1S/C15H14N4O7S4/c20-15(25-7-9-27-29-13-11(18(21)22)3-1-5-16-13)26-8-10-28-30-14-12(19(23)24)4-2-6-17-14/h1-6H,7-10H2. The molecule has 30 heavy (non-hydrogen) atoms. The van der Waals surface area contributed by atoms with E-state index in [2.05, 4.69) is 9.97 Å². The van der Waals surface area contributed by atoms with E-state index in [9.17, 15) is 25.0 Å². The number of nitrogens with zero attached hydrogens (tertiary/aromatic N) is 4. The predicted octanol–water partition coefficient (Wildman–Crippen LogP) is 4.63. The van der Waals surface area contributed by atoms with Crippen LogP contribution < -0.4 is 0 Å². The summed E-state index contributed by atoms with van der Waals surface area (Å²) in [6, 6.07) is 5.71. The van der Waals surface area contributed by atoms with Crippen LogP contribution in [0.5, 0.6) is 0 Å². The highest BCUT2D eigenvalue weighted by Crippen LogP contribution is 2.36. The molecule has 0 saturated carbocycles. The molecule has 0 aliphatic heterocycles. The van der Waals surface area contributed by atoms with Gasteiger partial charge in [0.1, 0.15) is 13.2 Å². The lowest BCUT2D eigenvalue weighted by molar-refractivity contribution is -0.388. The highest BCUT2D eigenvalue weighted by atomic mass is 33.1. The Bertz CT molecular complexity index is 820. The van der Waals surface area contributed by atoms with Crippen LogP contribution in [0.2, 0.25) is 0 Å². The normalized spacial score (nSPS) is 10.4. The van der Waals surface area contributed by atoms with Crippen molar-refractivity contribution in [3.63, 3.8) is 0 Å². The van der Waals surface area contributed by atoms with Crippen molar-refractivity contribution in [1.29, 1.82) is 0 Å². The Morgan fingerprint density at radius 1 is 0.867 bits per heavy atom. The monoisotopic (exact) mass is 490 g/mol. The molecule has 2 heterocycles. The van der Waals surface area contributed by atoms with Gasteiger partial charge < -0.3 is 9.47 Å². The summed E-state index contributed by atoms with van der Waals surface area (Å²) in [7, 11) is 4.77. The number of hydrogen-bond donors (Lipinski definition) is 0. The lowest BCUT2D eigenvalue weighted by atomic mass is 10.4. The van der Waals surface area contributed by atoms with Gasteiger partial charge in [-0.1, -0.05) is 21.6 Å². The molecule has 2 aromatic rings. The van der Waals surface area contributed by atoms with E-state index in [1.54, 1.807) is 0 Å². The second-order valence-electron chi connectivity index (χ2n) is 4.93. The van der Waals surface area contributed by atoms with Gasteiger partial charge in [-0.15, -0.1) is 0 Å². The molecule has 0 aromatic carbocycles. The molecule has 0 saturated heterocycles. The smallest absolute Gasteiger partial charge is 0.433 e. The van der Waals surface area contributed by atoms with Crippen LogP contribution in [0.3, 0.4) is 0 Å². The van der Waals surface area contributed by atoms with Gasteiger partial charge in [0.05, 0.1) is 9.85 Å². The summed E-state index contributed by atoms with van der Waals surface area (Å²) in [5.74, 6) is 0.781. The molecule has 0 radical (unpaired) electrons. The number of carbonyl (C=O) groups is 1. The van der Waals surface area contributed by atoms with Gasteiger partial charge in [0.25, 0.3) is 0 Å². The van der Waals surface area contributed by atoms with Crippen molar-refractivity contribution >= 4 is 60.7 Å². The van der Waals surface area contributed by atoms with E-state index < -0.39 is 16.0 Å². The third-order valence-corrected chi connectivity index (χ3v) is 7.45. The Hall–Kier alpha value is -2.23. The van der Waals surface area contributed by atoms with Crippen LogP contribution in [0.1, 0.15) is 0 Å². The zero-order valence-electron chi connectivity index (χ0n) is 15.1. The Balaban J connectivity index is 1.56. The molecule has 2 rings (SSSR count). The van der Waals surface area contributed by atoms with E-state index in [0.29, 0.717) is 11.5 Å². The minimum atomic E-state index is -0.834. The van der Waals surface area contributed by atoms with E-state index in [4.69, 9.17) is 9.47 Å². The zero-order chi connectivity index (χ0) is 21.8. The maximum atomic E-state index is 11.5. The summed E-state index contributed by atoms with van der Waals surface area (Å²) in [6.45, 7) is 0.137. The third kappa shape index (κ3) is 8.25. The summed E-state index contributed by atoms with van der Waals surface area (Å²) >= 11 is 0. The fourth-order valence-corrected chi connectivity index (χ4v) is 5.43. The second-order valence-corrected chi connectivity index (χ2v) is 9.74. The van der Waals surface area contributed by atoms with Gasteiger partial charge >= 0.3 is 17.5 Å². The second kappa shape index (κ2) is 13.1. The largest absolute Gasteiger partial charge is 0.508 e. The first-order valence-electron chi connectivity index (χ1n) is 8.06. The molecule has 0 aliphatic carbocycles. The molecule has 0 amide bonds. The van der Waals surface area contributed by atoms with Crippen molar-refractivity contribution in [2.75, 3.05) is 24.7 Å². The SMILES string of the molecule is O=C(OCCSSc1ncccc1[N+](=O)[O-])OCCSSc1ncccc1[N+](=O)[O-]. The highest BCUT2D eigenvalue weighted by Gasteiger charge is 2.16. The predicted molar refractivity (Wildman–Crippen MR) is 116 cm³/mol. The van der Waals surface area contributed by atoms with Gasteiger partial charge in [-0.3, -0.25) is 20.2 Å². The van der Waals surface area contributed by atoms with Crippen LogP contribution in [0.4, 0.5) is 16.2 Å². The summed E-state index contributed by atoms with van der Waals surface area (Å²) in [5, 5.41) is 22.3. The Kier molecular flexibility index (Phi) is 10.5. The van der Waals surface area contributed by atoms with E-state index in [1.807, 2.05) is 0 Å². The first-order valence-corrected chi connectivity index (χ1v) is 12.7. The van der Waals surface area contributed by atoms with Crippen molar-refractivity contribution in [2.24, 2.45) is 0 Å². The highest BCUT2D eigenvalue weighted by molar-refractivity contribution is 8.77. The Morgan fingerprint density at radius 3 is 1.70 bits per heavy atom. The van der Waals surface area contributed by atoms with E-state index in [-0.39, 0.29) is 34.6 Å². The van der Waals surface area contributed by atoms with Crippen LogP contribution in [0, 0.1) is 20.2 Å². The average molecular weight is 491 g/mol. The summed E-state index contributed by atoms with van der Waals surface area (Å²) in [5.41, 5.74) is -0.163. The van der Waals surface area contributed by atoms with Gasteiger partial charge in [0, 0.05) is 36.0 Å². The molecular formula is C15H14N4O7S4. The molecule has 0 bridgehead atoms. The molecular weight excluding hydrogens is 476 g/mol. The number of nitro groups is 2. The van der Waals surface area contributed by atoms with Crippen LogP contribution in [-0.2, 0) is 9.47 Å². The molecule has 0 spiro atoms. The van der Waals surface area contributed by atoms with Crippen molar-refractivity contribution in [3.8, 4) is 0 Å². The fraction of sp³-hybridized carbons (Fsp3) is 0.267. The number of ether oxygens (including phenoxy) is 2. The maximum Gasteiger partial charge on any atom is 0.508 e. The van der Waals surface area contributed by atoms with E-state index >= 15 is 0 Å². The number of hydrogen-bond acceptors (Lipinski definition) is 13. The molecule has 0 unspecified atom stereocenters. The van der Waals surface area contributed by atoms with Crippen LogP contribution in [-0.4, -0.2) is 50.7 Å². The quantitative estimate of drug-likeness (QED) is 0.134. The minimum absolute atomic E-state index is 0.0686. The zero-order valence-corrected chi connectivity index (χ0v) is 18.3. The number of aromatic nitrogens is 2. The molecule has 160 valence electrons. The average Bonchev–Trinajstić information content (AvgIpc) is 2.73. The van der Waals surface area contributed by atoms with Crippen LogP contribution in [0.25, 0.3) is 0 Å². The molecule has 15 heteroatoms. The van der Waals surface area contributed by atoms with Gasteiger partial charge in [-0.05, 0) is 33.7 Å². The topological polar surface area (TPSA) is 148 Å². The first kappa shape index (κ1) is 24.0. The molecule has 0 fully saturated rings. The lowest BCUT2D eigenvalue weighted by Gasteiger charge is -2.06. The van der Waals surface area contributed by atoms with E-state index in [1.165, 1.54) is 58.2 Å². The van der Waals surface area contributed by atoms with E-state index in [0.717, 1.165) is 21.6 Å². The minimum Gasteiger partial charge on any atom is -0.433 e. The molecule has 0 atom stereocenters. The van der Waals surface area contributed by atoms with Gasteiger partial charge in [0.15, 0.2) is 10.1 Å². The number of rotatable bonds is 12. The Morgan fingerprint density at radius 2 is 1.30 bits per heavy atom. The van der Waals surface area contributed by atoms with Crippen molar-refractivity contribution in [2.45, 2.75) is 10.1 Å². The third-order valence-electron chi connectivity index (χ3n) is 2.94. The number of carbonyl (C=O) groups excluding carboxylic acids is 1. The lowest BCUT2D eigenvalue weighted by Crippen LogP contribution is -2.11. The van der Waals surface area contributed by atoms with Gasteiger partial charge in [-0.25, -0.2) is 14.8 Å². The molecule has 0 N–H and O–H groups in total. The fourth-order valence-electron chi connectivity index (χ4n) is 1.73. The summed E-state index contributed by atoms with van der Waals surface area (Å²) in [4.78, 5) is 40.2. The molecule has 0 aliphatic rings. The van der Waals surface area contributed by atoms with Crippen molar-refractivity contribution in [3.05, 3.63) is 56.9 Å². The Labute approximate surface area is 186 Å². The van der Waals surface area contributed by atoms with Crippen LogP contribution >= 0.6 is 43.2 Å². The van der Waals surface area contributed by atoms with Crippen LogP contribution in [0.15, 0.2) is 46.7 Å². The van der Waals surface area contributed by atoms with Gasteiger partial charge in [-0.2, -0.15) is 0 Å². The van der Waals surface area contributed by atoms with Crippen molar-refractivity contribution in [1.82, 2.24) is 9.97 Å². The first-order chi connectivity index (χ1) is 14.5. The van der Waals surface area contributed by atoms with Crippen molar-refractivity contribution < 1.29 is 24.1 Å². The molecule has 11 nitrogen and oxygen atoms in total. The maximum absolute atomic E-state index is 11.5. The van der Waals surface area contributed by atoms with Gasteiger partial charge in [0.2, 0.25) is 0 Å². The summed E-state index contributed by atoms with van der Waals surface area (Å²) < 4.78 is 9.81. The molecule has 2 aromatic heterocycles. The number of pyridine rings is 2. The summed E-state index contributed by atoms with van der Waals surface area (Å²) in [6.07, 6.45) is 2.09.